The molecule has 0 saturated heterocycles. The molecule has 0 aliphatic rings. The summed E-state index contributed by atoms with van der Waals surface area (Å²) in [7, 11) is 1.28. The maximum Gasteiger partial charge on any atom is 0.343 e. The van der Waals surface area contributed by atoms with Crippen molar-refractivity contribution in [2.24, 2.45) is 0 Å². The van der Waals surface area contributed by atoms with E-state index < -0.39 is 11.5 Å². The Bertz CT molecular complexity index is 1240. The molecule has 0 spiro atoms. The topological polar surface area (TPSA) is 112 Å². The molecule has 4 rings (SSSR count). The number of hydrogen-bond donors (Lipinski definition) is 1. The number of ether oxygens (including phenoxy) is 1. The van der Waals surface area contributed by atoms with Crippen molar-refractivity contribution in [2.75, 3.05) is 7.11 Å². The quantitative estimate of drug-likeness (QED) is 0.541. The van der Waals surface area contributed by atoms with Crippen LogP contribution in [0.5, 0.6) is 5.75 Å². The summed E-state index contributed by atoms with van der Waals surface area (Å²) in [5.41, 5.74) is 1.06. The summed E-state index contributed by atoms with van der Waals surface area (Å²) in [5, 5.41) is 14.5. The van der Waals surface area contributed by atoms with E-state index >= 15 is 0 Å². The molecule has 9 nitrogen and oxygen atoms in total. The first-order valence-electron chi connectivity index (χ1n) is 7.65. The fraction of sp³-hybridized carbons (Fsp3) is 0.118. The lowest BCUT2D eigenvalue weighted by Gasteiger charge is -2.08. The minimum atomic E-state index is -0.545. The number of hydrogen-bond acceptors (Lipinski definition) is 7. The Balaban J connectivity index is 2.04. The highest BCUT2D eigenvalue weighted by Gasteiger charge is 2.21. The monoisotopic (exact) mass is 351 g/mol. The summed E-state index contributed by atoms with van der Waals surface area (Å²) in [5.74, 6) is -0.548. The van der Waals surface area contributed by atoms with Crippen LogP contribution in [0.4, 0.5) is 0 Å². The molecule has 0 saturated carbocycles. The molecule has 0 aliphatic carbocycles. The van der Waals surface area contributed by atoms with Crippen LogP contribution in [0.2, 0.25) is 0 Å². The average molecular weight is 351 g/mol. The Labute approximate surface area is 146 Å². The molecule has 0 bridgehead atoms. The number of methoxy groups -OCH3 is 1. The van der Waals surface area contributed by atoms with E-state index in [1.54, 1.807) is 19.1 Å². The molecule has 0 amide bonds. The van der Waals surface area contributed by atoms with E-state index in [4.69, 9.17) is 4.74 Å². The Morgan fingerprint density at radius 3 is 2.81 bits per heavy atom. The van der Waals surface area contributed by atoms with E-state index in [0.717, 1.165) is 0 Å². The minimum absolute atomic E-state index is 0.117. The zero-order valence-corrected chi connectivity index (χ0v) is 13.9. The summed E-state index contributed by atoms with van der Waals surface area (Å²) in [4.78, 5) is 33.1. The molecule has 0 atom stereocenters. The zero-order valence-electron chi connectivity index (χ0n) is 13.9. The third kappa shape index (κ3) is 2.14. The number of aromatic hydroxyl groups is 1. The Hall–Kier alpha value is -3.75. The molecule has 0 aliphatic heterocycles. The van der Waals surface area contributed by atoms with E-state index in [2.05, 4.69) is 15.1 Å². The Morgan fingerprint density at radius 2 is 2.08 bits per heavy atom. The minimum Gasteiger partial charge on any atom is -0.504 e. The van der Waals surface area contributed by atoms with Crippen molar-refractivity contribution in [3.05, 3.63) is 58.4 Å². The fourth-order valence-corrected chi connectivity index (χ4v) is 2.86. The summed E-state index contributed by atoms with van der Waals surface area (Å²) in [6, 6.07) is 4.66. The Kier molecular flexibility index (Phi) is 3.43. The number of pyridine rings is 2. The van der Waals surface area contributed by atoms with Crippen LogP contribution in [0, 0.1) is 6.92 Å². The summed E-state index contributed by atoms with van der Waals surface area (Å²) >= 11 is 0. The zero-order chi connectivity index (χ0) is 18.4. The van der Waals surface area contributed by atoms with Crippen LogP contribution in [0.1, 0.15) is 16.1 Å². The van der Waals surface area contributed by atoms with E-state index in [0.29, 0.717) is 16.9 Å². The second kappa shape index (κ2) is 5.66. The predicted molar refractivity (Wildman–Crippen MR) is 91.6 cm³/mol. The number of carbonyl (C=O) groups is 1. The van der Waals surface area contributed by atoms with Gasteiger partial charge in [-0.2, -0.15) is 5.10 Å². The van der Waals surface area contributed by atoms with Crippen LogP contribution >= 0.6 is 0 Å². The van der Waals surface area contributed by atoms with Crippen molar-refractivity contribution in [1.82, 2.24) is 24.1 Å². The van der Waals surface area contributed by atoms with Gasteiger partial charge in [0, 0.05) is 18.6 Å². The third-order valence-corrected chi connectivity index (χ3v) is 4.07. The summed E-state index contributed by atoms with van der Waals surface area (Å²) in [6.45, 7) is 1.67. The predicted octanol–water partition coefficient (Wildman–Crippen LogP) is 1.23. The van der Waals surface area contributed by atoms with E-state index in [9.17, 15) is 14.7 Å². The van der Waals surface area contributed by atoms with Gasteiger partial charge in [0.1, 0.15) is 5.56 Å². The van der Waals surface area contributed by atoms with Gasteiger partial charge in [0.2, 0.25) is 0 Å². The SMILES string of the molecule is COC(=O)c1c(C)nn2c1ncc1c(=O)n(-c3ncccc3O)ccc12. The van der Waals surface area contributed by atoms with E-state index in [-0.39, 0.29) is 22.5 Å². The van der Waals surface area contributed by atoms with Gasteiger partial charge in [-0.3, -0.25) is 9.36 Å². The molecular formula is C17H13N5O4. The molecule has 4 aromatic heterocycles. The number of esters is 1. The molecular weight excluding hydrogens is 338 g/mol. The van der Waals surface area contributed by atoms with Crippen LogP contribution in [0.25, 0.3) is 22.4 Å². The van der Waals surface area contributed by atoms with Crippen molar-refractivity contribution < 1.29 is 14.6 Å². The lowest BCUT2D eigenvalue weighted by atomic mass is 10.2. The number of fused-ring (bicyclic) bond motifs is 3. The lowest BCUT2D eigenvalue weighted by Crippen LogP contribution is -2.20. The third-order valence-electron chi connectivity index (χ3n) is 4.07. The van der Waals surface area contributed by atoms with Crippen molar-refractivity contribution in [1.29, 1.82) is 0 Å². The second-order valence-electron chi connectivity index (χ2n) is 5.58. The summed E-state index contributed by atoms with van der Waals surface area (Å²) < 4.78 is 7.43. The molecule has 0 aromatic carbocycles. The fourth-order valence-electron chi connectivity index (χ4n) is 2.86. The standard InChI is InChI=1S/C17H13N5O4/c1-9-13(17(25)26-2)15-19-8-10-11(22(15)20-9)5-7-21(16(10)24)14-12(23)4-3-6-18-14/h3-8,23H,1-2H3. The maximum atomic E-state index is 12.8. The highest BCUT2D eigenvalue weighted by atomic mass is 16.5. The largest absolute Gasteiger partial charge is 0.504 e. The number of aryl methyl sites for hydroxylation is 1. The van der Waals surface area contributed by atoms with Gasteiger partial charge in [-0.25, -0.2) is 19.3 Å². The van der Waals surface area contributed by atoms with Gasteiger partial charge in [0.15, 0.2) is 17.2 Å². The second-order valence-corrected chi connectivity index (χ2v) is 5.58. The lowest BCUT2D eigenvalue weighted by molar-refractivity contribution is 0.0602. The first-order valence-corrected chi connectivity index (χ1v) is 7.65. The van der Waals surface area contributed by atoms with Crippen LogP contribution in [-0.4, -0.2) is 42.3 Å². The van der Waals surface area contributed by atoms with Gasteiger partial charge < -0.3 is 9.84 Å². The molecule has 4 heterocycles. The van der Waals surface area contributed by atoms with Crippen molar-refractivity contribution in [3.8, 4) is 11.6 Å². The molecule has 0 radical (unpaired) electrons. The van der Waals surface area contributed by atoms with Gasteiger partial charge in [-0.1, -0.05) is 0 Å². The molecule has 0 fully saturated rings. The van der Waals surface area contributed by atoms with Crippen molar-refractivity contribution in [2.45, 2.75) is 6.92 Å². The van der Waals surface area contributed by atoms with Crippen LogP contribution in [-0.2, 0) is 4.74 Å². The maximum absolute atomic E-state index is 12.8. The van der Waals surface area contributed by atoms with Crippen LogP contribution in [0.3, 0.4) is 0 Å². The number of rotatable bonds is 2. The highest BCUT2D eigenvalue weighted by Crippen LogP contribution is 2.21. The first kappa shape index (κ1) is 15.8. The number of aromatic nitrogens is 5. The molecule has 0 unspecified atom stereocenters. The van der Waals surface area contributed by atoms with Gasteiger partial charge in [0.25, 0.3) is 5.56 Å². The molecule has 9 heteroatoms. The first-order chi connectivity index (χ1) is 12.5. The molecule has 4 aromatic rings. The number of nitrogens with zero attached hydrogens (tertiary/aromatic N) is 5. The van der Waals surface area contributed by atoms with E-state index in [1.165, 1.54) is 40.8 Å². The molecule has 26 heavy (non-hydrogen) atoms. The molecule has 1 N–H and O–H groups in total. The van der Waals surface area contributed by atoms with Crippen molar-refractivity contribution >= 4 is 22.5 Å². The van der Waals surface area contributed by atoms with E-state index in [1.807, 2.05) is 0 Å². The normalized spacial score (nSPS) is 11.2. The number of carbonyl (C=O) groups excluding carboxylic acids is 1. The highest BCUT2D eigenvalue weighted by molar-refractivity contribution is 5.98. The Morgan fingerprint density at radius 1 is 1.27 bits per heavy atom. The van der Waals surface area contributed by atoms with Gasteiger partial charge in [-0.05, 0) is 25.1 Å². The smallest absolute Gasteiger partial charge is 0.343 e. The van der Waals surface area contributed by atoms with Gasteiger partial charge in [-0.15, -0.1) is 0 Å². The molecule has 130 valence electrons. The average Bonchev–Trinajstić information content (AvgIpc) is 2.98. The van der Waals surface area contributed by atoms with Crippen LogP contribution < -0.4 is 5.56 Å². The van der Waals surface area contributed by atoms with Gasteiger partial charge >= 0.3 is 5.97 Å². The van der Waals surface area contributed by atoms with Gasteiger partial charge in [0.05, 0.1) is 23.7 Å². The van der Waals surface area contributed by atoms with Crippen molar-refractivity contribution in [3.63, 3.8) is 0 Å². The van der Waals surface area contributed by atoms with Crippen LogP contribution in [0.15, 0.2) is 41.6 Å². The summed E-state index contributed by atoms with van der Waals surface area (Å²) in [6.07, 6.45) is 4.34.